The van der Waals surface area contributed by atoms with Gasteiger partial charge in [-0.1, -0.05) is 49.6 Å². The van der Waals surface area contributed by atoms with Crippen LogP contribution < -0.4 is 5.32 Å². The second-order valence-electron chi connectivity index (χ2n) is 5.69. The van der Waals surface area contributed by atoms with Crippen LogP contribution in [0.5, 0.6) is 0 Å². The molecule has 1 atom stereocenters. The van der Waals surface area contributed by atoms with E-state index >= 15 is 0 Å². The molecule has 3 heteroatoms. The molecule has 0 heterocycles. The summed E-state index contributed by atoms with van der Waals surface area (Å²) >= 11 is 6.06. The highest BCUT2D eigenvalue weighted by Gasteiger charge is 2.28. The maximum atomic E-state index is 10.1. The number of aliphatic hydroxyl groups is 1. The Morgan fingerprint density at radius 1 is 1.33 bits per heavy atom. The molecular weight excluding hydrogens is 246 g/mol. The van der Waals surface area contributed by atoms with Crippen LogP contribution in [0.25, 0.3) is 0 Å². The summed E-state index contributed by atoms with van der Waals surface area (Å²) in [6.45, 7) is 3.88. The molecular formula is C15H22ClNO. The van der Waals surface area contributed by atoms with Crippen molar-refractivity contribution >= 4 is 11.6 Å². The second-order valence-corrected chi connectivity index (χ2v) is 6.09. The monoisotopic (exact) mass is 267 g/mol. The predicted molar refractivity (Wildman–Crippen MR) is 75.9 cm³/mol. The van der Waals surface area contributed by atoms with E-state index in [4.69, 9.17) is 11.6 Å². The van der Waals surface area contributed by atoms with Crippen molar-refractivity contribution in [2.75, 3.05) is 13.1 Å². The lowest BCUT2D eigenvalue weighted by Crippen LogP contribution is -2.32. The average Bonchev–Trinajstić information content (AvgIpc) is 2.77. The standard InChI is InChI=1S/C15H22ClNO/c1-15(8-4-5-9-15)11-17-10-14(18)12-6-2-3-7-13(12)16/h2-3,6-7,14,17-18H,4-5,8-11H2,1H3. The lowest BCUT2D eigenvalue weighted by molar-refractivity contribution is 0.167. The van der Waals surface area contributed by atoms with Gasteiger partial charge in [0.25, 0.3) is 0 Å². The summed E-state index contributed by atoms with van der Waals surface area (Å²) in [5, 5.41) is 14.1. The zero-order chi connectivity index (χ0) is 13.0. The van der Waals surface area contributed by atoms with Gasteiger partial charge in [0, 0.05) is 23.7 Å². The Kier molecular flexibility index (Phi) is 4.66. The number of hydrogen-bond donors (Lipinski definition) is 2. The molecule has 0 aromatic heterocycles. The summed E-state index contributed by atoms with van der Waals surface area (Å²) in [5.41, 5.74) is 1.23. The van der Waals surface area contributed by atoms with Crippen LogP contribution in [0.4, 0.5) is 0 Å². The molecule has 1 aliphatic rings. The van der Waals surface area contributed by atoms with Gasteiger partial charge in [-0.05, 0) is 24.3 Å². The van der Waals surface area contributed by atoms with Crippen molar-refractivity contribution in [3.05, 3.63) is 34.9 Å². The molecule has 100 valence electrons. The van der Waals surface area contributed by atoms with Gasteiger partial charge in [-0.25, -0.2) is 0 Å². The van der Waals surface area contributed by atoms with E-state index < -0.39 is 6.10 Å². The summed E-state index contributed by atoms with van der Waals surface area (Å²) in [6.07, 6.45) is 4.74. The third-order valence-corrected chi connectivity index (χ3v) is 4.31. The van der Waals surface area contributed by atoms with Crippen molar-refractivity contribution in [1.29, 1.82) is 0 Å². The molecule has 1 saturated carbocycles. The molecule has 1 unspecified atom stereocenters. The van der Waals surface area contributed by atoms with Crippen molar-refractivity contribution in [3.8, 4) is 0 Å². The van der Waals surface area contributed by atoms with Crippen molar-refractivity contribution in [3.63, 3.8) is 0 Å². The highest BCUT2D eigenvalue weighted by Crippen LogP contribution is 2.36. The number of benzene rings is 1. The fourth-order valence-corrected chi connectivity index (χ4v) is 3.03. The lowest BCUT2D eigenvalue weighted by Gasteiger charge is -2.25. The molecule has 2 N–H and O–H groups in total. The SMILES string of the molecule is CC1(CNCC(O)c2ccccc2Cl)CCCC1. The third kappa shape index (κ3) is 3.47. The minimum absolute atomic E-state index is 0.417. The summed E-state index contributed by atoms with van der Waals surface area (Å²) in [6, 6.07) is 7.48. The molecule has 1 aromatic rings. The van der Waals surface area contributed by atoms with Crippen LogP contribution in [0.1, 0.15) is 44.3 Å². The summed E-state index contributed by atoms with van der Waals surface area (Å²) in [4.78, 5) is 0. The fraction of sp³-hybridized carbons (Fsp3) is 0.600. The van der Waals surface area contributed by atoms with Gasteiger partial charge < -0.3 is 10.4 Å². The quantitative estimate of drug-likeness (QED) is 0.855. The normalized spacial score (nSPS) is 19.9. The van der Waals surface area contributed by atoms with Crippen LogP contribution in [0.15, 0.2) is 24.3 Å². The van der Waals surface area contributed by atoms with Crippen LogP contribution in [0.2, 0.25) is 5.02 Å². The zero-order valence-electron chi connectivity index (χ0n) is 11.0. The Morgan fingerprint density at radius 3 is 2.67 bits per heavy atom. The maximum absolute atomic E-state index is 10.1. The Morgan fingerprint density at radius 2 is 2.00 bits per heavy atom. The number of nitrogens with one attached hydrogen (secondary N) is 1. The van der Waals surface area contributed by atoms with E-state index in [1.165, 1.54) is 25.7 Å². The fourth-order valence-electron chi connectivity index (χ4n) is 2.77. The molecule has 0 saturated heterocycles. The molecule has 18 heavy (non-hydrogen) atoms. The largest absolute Gasteiger partial charge is 0.387 e. The Hall–Kier alpha value is -0.570. The van der Waals surface area contributed by atoms with Crippen molar-refractivity contribution in [2.24, 2.45) is 5.41 Å². The van der Waals surface area contributed by atoms with E-state index in [0.717, 1.165) is 12.1 Å². The summed E-state index contributed by atoms with van der Waals surface area (Å²) in [5.74, 6) is 0. The molecule has 1 aromatic carbocycles. The summed E-state index contributed by atoms with van der Waals surface area (Å²) in [7, 11) is 0. The van der Waals surface area contributed by atoms with Crippen LogP contribution in [-0.4, -0.2) is 18.2 Å². The van der Waals surface area contributed by atoms with Crippen LogP contribution in [0, 0.1) is 5.41 Å². The first-order chi connectivity index (χ1) is 8.61. The molecule has 0 bridgehead atoms. The molecule has 2 rings (SSSR count). The van der Waals surface area contributed by atoms with Gasteiger partial charge in [0.2, 0.25) is 0 Å². The lowest BCUT2D eigenvalue weighted by atomic mass is 9.89. The molecule has 1 fully saturated rings. The van der Waals surface area contributed by atoms with E-state index in [0.29, 0.717) is 17.0 Å². The van der Waals surface area contributed by atoms with E-state index in [1.807, 2.05) is 24.3 Å². The minimum Gasteiger partial charge on any atom is -0.387 e. The van der Waals surface area contributed by atoms with Gasteiger partial charge in [0.15, 0.2) is 0 Å². The Labute approximate surface area is 114 Å². The first kappa shape index (κ1) is 13.9. The van der Waals surface area contributed by atoms with Crippen molar-refractivity contribution in [1.82, 2.24) is 5.32 Å². The topological polar surface area (TPSA) is 32.3 Å². The highest BCUT2D eigenvalue weighted by molar-refractivity contribution is 6.31. The first-order valence-electron chi connectivity index (χ1n) is 6.74. The van der Waals surface area contributed by atoms with Crippen molar-refractivity contribution < 1.29 is 5.11 Å². The van der Waals surface area contributed by atoms with Crippen molar-refractivity contribution in [2.45, 2.75) is 38.7 Å². The molecule has 1 aliphatic carbocycles. The second kappa shape index (κ2) is 6.05. The Bertz CT molecular complexity index is 388. The van der Waals surface area contributed by atoms with Gasteiger partial charge >= 0.3 is 0 Å². The predicted octanol–water partition coefficient (Wildman–Crippen LogP) is 3.54. The zero-order valence-corrected chi connectivity index (χ0v) is 11.7. The smallest absolute Gasteiger partial charge is 0.0928 e. The third-order valence-electron chi connectivity index (χ3n) is 3.96. The van der Waals surface area contributed by atoms with Crippen LogP contribution in [-0.2, 0) is 0 Å². The molecule has 2 nitrogen and oxygen atoms in total. The first-order valence-corrected chi connectivity index (χ1v) is 7.12. The highest BCUT2D eigenvalue weighted by atomic mass is 35.5. The molecule has 0 aliphatic heterocycles. The molecule has 0 amide bonds. The summed E-state index contributed by atoms with van der Waals surface area (Å²) < 4.78 is 0. The van der Waals surface area contributed by atoms with Gasteiger partial charge in [-0.3, -0.25) is 0 Å². The van der Waals surface area contributed by atoms with E-state index in [2.05, 4.69) is 12.2 Å². The number of aliphatic hydroxyl groups excluding tert-OH is 1. The molecule has 0 radical (unpaired) electrons. The minimum atomic E-state index is -0.524. The maximum Gasteiger partial charge on any atom is 0.0928 e. The van der Waals surface area contributed by atoms with Crippen LogP contribution in [0.3, 0.4) is 0 Å². The van der Waals surface area contributed by atoms with Gasteiger partial charge in [-0.15, -0.1) is 0 Å². The number of rotatable bonds is 5. The van der Waals surface area contributed by atoms with Gasteiger partial charge in [0.05, 0.1) is 6.10 Å². The molecule has 0 spiro atoms. The van der Waals surface area contributed by atoms with E-state index in [-0.39, 0.29) is 0 Å². The van der Waals surface area contributed by atoms with E-state index in [9.17, 15) is 5.11 Å². The Balaban J connectivity index is 1.82. The van der Waals surface area contributed by atoms with Gasteiger partial charge in [0.1, 0.15) is 0 Å². The number of hydrogen-bond acceptors (Lipinski definition) is 2. The van der Waals surface area contributed by atoms with Gasteiger partial charge in [-0.2, -0.15) is 0 Å². The number of halogens is 1. The average molecular weight is 268 g/mol. The van der Waals surface area contributed by atoms with Crippen LogP contribution >= 0.6 is 11.6 Å². The van der Waals surface area contributed by atoms with E-state index in [1.54, 1.807) is 0 Å².